The molecule has 0 saturated carbocycles. The van der Waals surface area contributed by atoms with Crippen molar-refractivity contribution in [1.82, 2.24) is 0 Å². The fourth-order valence-electron chi connectivity index (χ4n) is 1.46. The summed E-state index contributed by atoms with van der Waals surface area (Å²) in [5.41, 5.74) is 1.22. The summed E-state index contributed by atoms with van der Waals surface area (Å²) in [5, 5.41) is 12.0. The largest absolute Gasteiger partial charge is 0.497 e. The molecule has 0 aromatic heterocycles. The molecule has 0 radical (unpaired) electrons. The van der Waals surface area contributed by atoms with Crippen molar-refractivity contribution in [2.24, 2.45) is 5.16 Å². The molecular formula is C13H19NO4. The molecule has 1 rings (SSSR count). The van der Waals surface area contributed by atoms with Crippen LogP contribution in [0, 0.1) is 0 Å². The predicted octanol–water partition coefficient (Wildman–Crippen LogP) is 2.31. The van der Waals surface area contributed by atoms with Gasteiger partial charge in [0.25, 0.3) is 0 Å². The molecule has 0 unspecified atom stereocenters. The molecule has 0 aliphatic heterocycles. The summed E-state index contributed by atoms with van der Waals surface area (Å²) in [5.74, 6) is 1.31. The van der Waals surface area contributed by atoms with Crippen LogP contribution in [-0.4, -0.2) is 37.8 Å². The summed E-state index contributed by atoms with van der Waals surface area (Å²) in [6.07, 6.45) is 0. The first-order valence-corrected chi connectivity index (χ1v) is 5.80. The van der Waals surface area contributed by atoms with Crippen LogP contribution >= 0.6 is 0 Å². The zero-order chi connectivity index (χ0) is 13.4. The second kappa shape index (κ2) is 7.55. The SMILES string of the molecule is CCOCCOc1cc(OC)ccc1/C(C)=N/O. The van der Waals surface area contributed by atoms with Gasteiger partial charge in [0.15, 0.2) is 0 Å². The van der Waals surface area contributed by atoms with Gasteiger partial charge in [0.2, 0.25) is 0 Å². The summed E-state index contributed by atoms with van der Waals surface area (Å²) in [6.45, 7) is 5.25. The van der Waals surface area contributed by atoms with Crippen molar-refractivity contribution in [2.75, 3.05) is 26.9 Å². The van der Waals surface area contributed by atoms with Crippen LogP contribution in [0.15, 0.2) is 23.4 Å². The van der Waals surface area contributed by atoms with E-state index in [9.17, 15) is 0 Å². The third kappa shape index (κ3) is 3.92. The number of ether oxygens (including phenoxy) is 3. The van der Waals surface area contributed by atoms with E-state index in [2.05, 4.69) is 5.16 Å². The van der Waals surface area contributed by atoms with Crippen LogP contribution in [0.1, 0.15) is 19.4 Å². The second-order valence-corrected chi connectivity index (χ2v) is 3.59. The highest BCUT2D eigenvalue weighted by Crippen LogP contribution is 2.25. The fraction of sp³-hybridized carbons (Fsp3) is 0.462. The van der Waals surface area contributed by atoms with Gasteiger partial charge in [0.1, 0.15) is 18.1 Å². The minimum atomic E-state index is 0.437. The zero-order valence-corrected chi connectivity index (χ0v) is 11.0. The predicted molar refractivity (Wildman–Crippen MR) is 69.0 cm³/mol. The molecule has 0 spiro atoms. The van der Waals surface area contributed by atoms with E-state index in [1.54, 1.807) is 32.2 Å². The van der Waals surface area contributed by atoms with E-state index in [0.717, 1.165) is 5.56 Å². The van der Waals surface area contributed by atoms with Crippen LogP contribution in [-0.2, 0) is 4.74 Å². The smallest absolute Gasteiger partial charge is 0.132 e. The Morgan fingerprint density at radius 1 is 1.33 bits per heavy atom. The average Bonchev–Trinajstić information content (AvgIpc) is 2.42. The minimum absolute atomic E-state index is 0.437. The molecule has 1 aromatic carbocycles. The first-order valence-electron chi connectivity index (χ1n) is 5.80. The number of benzene rings is 1. The highest BCUT2D eigenvalue weighted by atomic mass is 16.5. The van der Waals surface area contributed by atoms with Crippen LogP contribution in [0.5, 0.6) is 11.5 Å². The molecule has 0 heterocycles. The third-order valence-electron chi connectivity index (χ3n) is 2.42. The quantitative estimate of drug-likeness (QED) is 0.350. The molecule has 0 aliphatic rings. The Hall–Kier alpha value is -1.75. The van der Waals surface area contributed by atoms with E-state index in [1.807, 2.05) is 6.92 Å². The molecule has 0 aliphatic carbocycles. The number of oxime groups is 1. The van der Waals surface area contributed by atoms with E-state index in [1.165, 1.54) is 0 Å². The van der Waals surface area contributed by atoms with Crippen LogP contribution in [0.3, 0.4) is 0 Å². The van der Waals surface area contributed by atoms with Crippen LogP contribution in [0.4, 0.5) is 0 Å². The Bertz CT molecular complexity index is 404. The lowest BCUT2D eigenvalue weighted by atomic mass is 10.1. The van der Waals surface area contributed by atoms with Crippen molar-refractivity contribution in [3.63, 3.8) is 0 Å². The lowest BCUT2D eigenvalue weighted by Crippen LogP contribution is -2.09. The van der Waals surface area contributed by atoms with Crippen LogP contribution in [0.2, 0.25) is 0 Å². The summed E-state index contributed by atoms with van der Waals surface area (Å²) in [7, 11) is 1.59. The Morgan fingerprint density at radius 2 is 2.11 bits per heavy atom. The second-order valence-electron chi connectivity index (χ2n) is 3.59. The van der Waals surface area contributed by atoms with Crippen LogP contribution in [0.25, 0.3) is 0 Å². The number of hydrogen-bond acceptors (Lipinski definition) is 5. The van der Waals surface area contributed by atoms with E-state index in [4.69, 9.17) is 19.4 Å². The molecule has 1 N–H and O–H groups in total. The van der Waals surface area contributed by atoms with Gasteiger partial charge in [-0.1, -0.05) is 5.16 Å². The number of rotatable bonds is 7. The molecule has 0 fully saturated rings. The maximum atomic E-state index is 8.83. The molecule has 5 heteroatoms. The molecule has 0 atom stereocenters. The molecule has 5 nitrogen and oxygen atoms in total. The highest BCUT2D eigenvalue weighted by Gasteiger charge is 2.09. The van der Waals surface area contributed by atoms with E-state index < -0.39 is 0 Å². The minimum Gasteiger partial charge on any atom is -0.497 e. The van der Waals surface area contributed by atoms with Gasteiger partial charge in [-0.2, -0.15) is 0 Å². The maximum Gasteiger partial charge on any atom is 0.132 e. The Morgan fingerprint density at radius 3 is 2.72 bits per heavy atom. The highest BCUT2D eigenvalue weighted by molar-refractivity contribution is 6.00. The maximum absolute atomic E-state index is 8.83. The summed E-state index contributed by atoms with van der Waals surface area (Å²) >= 11 is 0. The van der Waals surface area contributed by atoms with Crippen molar-refractivity contribution in [3.8, 4) is 11.5 Å². The molecule has 100 valence electrons. The lowest BCUT2D eigenvalue weighted by molar-refractivity contribution is 0.110. The van der Waals surface area contributed by atoms with Crippen molar-refractivity contribution < 1.29 is 19.4 Å². The van der Waals surface area contributed by atoms with Gasteiger partial charge in [-0.05, 0) is 26.0 Å². The summed E-state index contributed by atoms with van der Waals surface area (Å²) in [6, 6.07) is 5.35. The molecule has 18 heavy (non-hydrogen) atoms. The molecule has 0 bridgehead atoms. The average molecular weight is 253 g/mol. The van der Waals surface area contributed by atoms with Crippen LogP contribution < -0.4 is 9.47 Å². The normalized spacial score (nSPS) is 11.4. The Kier molecular flexibility index (Phi) is 6.00. The van der Waals surface area contributed by atoms with Gasteiger partial charge in [-0.15, -0.1) is 0 Å². The monoisotopic (exact) mass is 253 g/mol. The van der Waals surface area contributed by atoms with E-state index in [0.29, 0.717) is 37.0 Å². The fourth-order valence-corrected chi connectivity index (χ4v) is 1.46. The van der Waals surface area contributed by atoms with Gasteiger partial charge >= 0.3 is 0 Å². The van der Waals surface area contributed by atoms with Gasteiger partial charge in [0, 0.05) is 18.2 Å². The number of nitrogens with zero attached hydrogens (tertiary/aromatic N) is 1. The lowest BCUT2D eigenvalue weighted by Gasteiger charge is -2.12. The first kappa shape index (κ1) is 14.3. The van der Waals surface area contributed by atoms with Gasteiger partial charge in [-0.3, -0.25) is 0 Å². The summed E-state index contributed by atoms with van der Waals surface area (Å²) in [4.78, 5) is 0. The molecule has 0 saturated heterocycles. The van der Waals surface area contributed by atoms with Gasteiger partial charge in [-0.25, -0.2) is 0 Å². The number of hydrogen-bond donors (Lipinski definition) is 1. The number of methoxy groups -OCH3 is 1. The summed E-state index contributed by atoms with van der Waals surface area (Å²) < 4.78 is 15.9. The van der Waals surface area contributed by atoms with Gasteiger partial charge < -0.3 is 19.4 Å². The molecule has 1 aromatic rings. The zero-order valence-electron chi connectivity index (χ0n) is 11.0. The topological polar surface area (TPSA) is 60.3 Å². The van der Waals surface area contributed by atoms with E-state index >= 15 is 0 Å². The Balaban J connectivity index is 2.83. The van der Waals surface area contributed by atoms with Gasteiger partial charge in [0.05, 0.1) is 19.4 Å². The van der Waals surface area contributed by atoms with Crippen molar-refractivity contribution in [3.05, 3.63) is 23.8 Å². The standard InChI is InChI=1S/C13H19NO4/c1-4-17-7-8-18-13-9-11(16-3)5-6-12(13)10(2)14-15/h5-6,9,15H,4,7-8H2,1-3H3/b14-10+. The molecule has 0 amide bonds. The Labute approximate surface area is 107 Å². The van der Waals surface area contributed by atoms with Crippen molar-refractivity contribution in [1.29, 1.82) is 0 Å². The van der Waals surface area contributed by atoms with E-state index in [-0.39, 0.29) is 0 Å². The first-order chi connectivity index (χ1) is 8.72. The molecular weight excluding hydrogens is 234 g/mol. The third-order valence-corrected chi connectivity index (χ3v) is 2.42. The van der Waals surface area contributed by atoms with Crippen molar-refractivity contribution in [2.45, 2.75) is 13.8 Å². The van der Waals surface area contributed by atoms with Crippen molar-refractivity contribution >= 4 is 5.71 Å².